The van der Waals surface area contributed by atoms with E-state index in [1.165, 1.54) is 38.5 Å². The SMILES string of the molecule is CC(=O)O.CC(=O)O.OC1CCCCCCCCCCC1O. The highest BCUT2D eigenvalue weighted by Crippen LogP contribution is 2.17. The number of hydrogen-bond acceptors (Lipinski definition) is 4. The van der Waals surface area contributed by atoms with Crippen molar-refractivity contribution in [3.05, 3.63) is 0 Å². The molecular weight excluding hydrogens is 288 g/mol. The molecule has 6 nitrogen and oxygen atoms in total. The highest BCUT2D eigenvalue weighted by atomic mass is 16.4. The van der Waals surface area contributed by atoms with Gasteiger partial charge < -0.3 is 20.4 Å². The molecule has 0 aromatic carbocycles. The number of carbonyl (C=O) groups is 2. The zero-order chi connectivity index (χ0) is 17.4. The van der Waals surface area contributed by atoms with E-state index in [2.05, 4.69) is 0 Å². The Bertz CT molecular complexity index is 244. The van der Waals surface area contributed by atoms with Gasteiger partial charge in [0.1, 0.15) is 0 Å². The third-order valence-corrected chi connectivity index (χ3v) is 3.19. The predicted molar refractivity (Wildman–Crippen MR) is 84.8 cm³/mol. The van der Waals surface area contributed by atoms with Crippen molar-refractivity contribution in [3.8, 4) is 0 Å². The minimum absolute atomic E-state index is 0.477. The molecule has 0 radical (unpaired) electrons. The van der Waals surface area contributed by atoms with Crippen LogP contribution in [0.1, 0.15) is 78.1 Å². The number of carboxylic acids is 2. The van der Waals surface area contributed by atoms with Crippen LogP contribution in [0.4, 0.5) is 0 Å². The summed E-state index contributed by atoms with van der Waals surface area (Å²) in [7, 11) is 0. The summed E-state index contributed by atoms with van der Waals surface area (Å²) in [6, 6.07) is 0. The van der Waals surface area contributed by atoms with Gasteiger partial charge in [0.05, 0.1) is 12.2 Å². The van der Waals surface area contributed by atoms with Gasteiger partial charge in [-0.3, -0.25) is 9.59 Å². The van der Waals surface area contributed by atoms with Crippen molar-refractivity contribution in [1.82, 2.24) is 0 Å². The van der Waals surface area contributed by atoms with Crippen molar-refractivity contribution in [2.75, 3.05) is 0 Å². The molecule has 4 N–H and O–H groups in total. The van der Waals surface area contributed by atoms with Crippen LogP contribution >= 0.6 is 0 Å². The maximum absolute atomic E-state index is 9.61. The normalized spacial score (nSPS) is 23.3. The van der Waals surface area contributed by atoms with Crippen LogP contribution in [-0.2, 0) is 9.59 Å². The average molecular weight is 320 g/mol. The summed E-state index contributed by atoms with van der Waals surface area (Å²) in [6.45, 7) is 2.17. The van der Waals surface area contributed by atoms with Gasteiger partial charge in [-0.25, -0.2) is 0 Å². The Morgan fingerprint density at radius 3 is 1.05 bits per heavy atom. The second-order valence-electron chi connectivity index (χ2n) is 5.58. The number of aliphatic hydroxyl groups is 2. The van der Waals surface area contributed by atoms with E-state index >= 15 is 0 Å². The molecule has 0 amide bonds. The Morgan fingerprint density at radius 1 is 0.636 bits per heavy atom. The molecule has 1 saturated carbocycles. The molecule has 0 bridgehead atoms. The Balaban J connectivity index is 0. The van der Waals surface area contributed by atoms with Gasteiger partial charge in [0.15, 0.2) is 0 Å². The second-order valence-corrected chi connectivity index (χ2v) is 5.58. The van der Waals surface area contributed by atoms with Crippen LogP contribution in [0, 0.1) is 0 Å². The van der Waals surface area contributed by atoms with E-state index in [4.69, 9.17) is 19.8 Å². The fourth-order valence-electron chi connectivity index (χ4n) is 2.15. The molecule has 2 atom stereocenters. The molecule has 0 aromatic rings. The van der Waals surface area contributed by atoms with Crippen LogP contribution in [-0.4, -0.2) is 44.6 Å². The lowest BCUT2D eigenvalue weighted by Gasteiger charge is -2.18. The number of carboxylic acid groups (broad SMARTS) is 2. The largest absolute Gasteiger partial charge is 0.481 e. The molecule has 1 rings (SSSR count). The topological polar surface area (TPSA) is 115 Å². The van der Waals surface area contributed by atoms with Crippen molar-refractivity contribution in [2.45, 2.75) is 90.3 Å². The summed E-state index contributed by atoms with van der Waals surface area (Å²) in [5.41, 5.74) is 0. The molecule has 1 aliphatic rings. The third kappa shape index (κ3) is 23.9. The maximum Gasteiger partial charge on any atom is 0.300 e. The molecule has 132 valence electrons. The molecule has 6 heteroatoms. The van der Waals surface area contributed by atoms with E-state index in [1.807, 2.05) is 0 Å². The van der Waals surface area contributed by atoms with Crippen molar-refractivity contribution in [3.63, 3.8) is 0 Å². The first-order valence-electron chi connectivity index (χ1n) is 8.02. The van der Waals surface area contributed by atoms with Gasteiger partial charge >= 0.3 is 0 Å². The molecule has 1 aliphatic carbocycles. The molecule has 0 spiro atoms. The highest BCUT2D eigenvalue weighted by Gasteiger charge is 2.15. The summed E-state index contributed by atoms with van der Waals surface area (Å²) < 4.78 is 0. The maximum atomic E-state index is 9.61. The van der Waals surface area contributed by atoms with E-state index in [-0.39, 0.29) is 0 Å². The first-order valence-corrected chi connectivity index (χ1v) is 8.02. The van der Waals surface area contributed by atoms with Gasteiger partial charge in [-0.15, -0.1) is 0 Å². The molecular formula is C16H32O6. The first kappa shape index (κ1) is 23.1. The number of aliphatic hydroxyl groups excluding tert-OH is 2. The summed E-state index contributed by atoms with van der Waals surface area (Å²) >= 11 is 0. The zero-order valence-corrected chi connectivity index (χ0v) is 13.8. The van der Waals surface area contributed by atoms with E-state index in [0.29, 0.717) is 0 Å². The quantitative estimate of drug-likeness (QED) is 0.545. The Morgan fingerprint density at radius 2 is 0.818 bits per heavy atom. The lowest BCUT2D eigenvalue weighted by molar-refractivity contribution is -0.135. The first-order chi connectivity index (χ1) is 10.3. The van der Waals surface area contributed by atoms with Crippen LogP contribution in [0.25, 0.3) is 0 Å². The van der Waals surface area contributed by atoms with Crippen LogP contribution in [0.2, 0.25) is 0 Å². The minimum atomic E-state index is -0.833. The fourth-order valence-corrected chi connectivity index (χ4v) is 2.15. The molecule has 0 saturated heterocycles. The van der Waals surface area contributed by atoms with Gasteiger partial charge in [-0.2, -0.15) is 0 Å². The molecule has 0 aromatic heterocycles. The summed E-state index contributed by atoms with van der Waals surface area (Å²) in [6.07, 6.45) is 10.4. The minimum Gasteiger partial charge on any atom is -0.481 e. The van der Waals surface area contributed by atoms with Crippen LogP contribution in [0.5, 0.6) is 0 Å². The molecule has 2 unspecified atom stereocenters. The predicted octanol–water partition coefficient (Wildman–Crippen LogP) is 2.80. The Kier molecular flexibility index (Phi) is 17.1. The Labute approximate surface area is 133 Å². The van der Waals surface area contributed by atoms with E-state index in [9.17, 15) is 10.2 Å². The van der Waals surface area contributed by atoms with Gasteiger partial charge in [0.2, 0.25) is 0 Å². The van der Waals surface area contributed by atoms with Crippen molar-refractivity contribution < 1.29 is 30.0 Å². The van der Waals surface area contributed by atoms with Gasteiger partial charge in [0.25, 0.3) is 11.9 Å². The van der Waals surface area contributed by atoms with Crippen molar-refractivity contribution in [1.29, 1.82) is 0 Å². The Hall–Kier alpha value is -1.14. The lowest BCUT2D eigenvalue weighted by atomic mass is 9.98. The molecule has 1 fully saturated rings. The van der Waals surface area contributed by atoms with Crippen LogP contribution < -0.4 is 0 Å². The fraction of sp³-hybridized carbons (Fsp3) is 0.875. The average Bonchev–Trinajstić information content (AvgIpc) is 2.37. The van der Waals surface area contributed by atoms with Crippen LogP contribution in [0.15, 0.2) is 0 Å². The second kappa shape index (κ2) is 16.2. The highest BCUT2D eigenvalue weighted by molar-refractivity contribution is 5.63. The third-order valence-electron chi connectivity index (χ3n) is 3.19. The van der Waals surface area contributed by atoms with E-state index in [0.717, 1.165) is 39.5 Å². The van der Waals surface area contributed by atoms with E-state index in [1.54, 1.807) is 0 Å². The van der Waals surface area contributed by atoms with Gasteiger partial charge in [0, 0.05) is 13.8 Å². The molecule has 22 heavy (non-hydrogen) atoms. The number of aliphatic carboxylic acids is 2. The lowest BCUT2D eigenvalue weighted by Crippen LogP contribution is -2.25. The molecule has 0 aliphatic heterocycles. The van der Waals surface area contributed by atoms with Gasteiger partial charge in [-0.1, -0.05) is 51.4 Å². The standard InChI is InChI=1S/C12H24O2.2C2H4O2/c13-11-9-7-5-3-1-2-4-6-8-10-12(11)14;2*1-2(3)4/h11-14H,1-10H2;2*1H3,(H,3,4). The van der Waals surface area contributed by atoms with Crippen LogP contribution in [0.3, 0.4) is 0 Å². The van der Waals surface area contributed by atoms with Crippen molar-refractivity contribution in [2.24, 2.45) is 0 Å². The monoisotopic (exact) mass is 320 g/mol. The summed E-state index contributed by atoms with van der Waals surface area (Å²) in [4.78, 5) is 18.0. The zero-order valence-electron chi connectivity index (χ0n) is 13.8. The number of hydrogen-bond donors (Lipinski definition) is 4. The van der Waals surface area contributed by atoms with E-state index < -0.39 is 24.1 Å². The van der Waals surface area contributed by atoms with Crippen molar-refractivity contribution >= 4 is 11.9 Å². The molecule has 0 heterocycles. The summed E-state index contributed by atoms with van der Waals surface area (Å²) in [5.74, 6) is -1.67. The smallest absolute Gasteiger partial charge is 0.300 e. The number of rotatable bonds is 0. The summed E-state index contributed by atoms with van der Waals surface area (Å²) in [5, 5.41) is 34.1. The van der Waals surface area contributed by atoms with Gasteiger partial charge in [-0.05, 0) is 12.8 Å².